The number of rotatable bonds is 5. The number of benzene rings is 2. The summed E-state index contributed by atoms with van der Waals surface area (Å²) in [5.74, 6) is 0.865. The second kappa shape index (κ2) is 12.6. The summed E-state index contributed by atoms with van der Waals surface area (Å²) in [6.07, 6.45) is 6.47. The Balaban J connectivity index is 0.000000253. The van der Waals surface area contributed by atoms with Crippen molar-refractivity contribution in [2.75, 3.05) is 32.1 Å². The van der Waals surface area contributed by atoms with Crippen molar-refractivity contribution in [3.05, 3.63) is 42.0 Å². The molecule has 2 aliphatic heterocycles. The van der Waals surface area contributed by atoms with Gasteiger partial charge in [0.25, 0.3) is 0 Å². The van der Waals surface area contributed by atoms with Gasteiger partial charge in [0.1, 0.15) is 23.3 Å². The summed E-state index contributed by atoms with van der Waals surface area (Å²) in [7, 11) is 1.60. The summed E-state index contributed by atoms with van der Waals surface area (Å²) < 4.78 is 16.4. The lowest BCUT2D eigenvalue weighted by Gasteiger charge is -2.26. The number of carbonyl (C=O) groups is 1. The highest BCUT2D eigenvalue weighted by Crippen LogP contribution is 2.34. The highest BCUT2D eigenvalue weighted by molar-refractivity contribution is 5.92. The molecule has 0 spiro atoms. The molecule has 0 bridgehead atoms. The lowest BCUT2D eigenvalue weighted by molar-refractivity contribution is 0.0294. The smallest absolute Gasteiger partial charge is 0.410 e. The van der Waals surface area contributed by atoms with Gasteiger partial charge in [0.05, 0.1) is 12.7 Å². The normalized spacial score (nSPS) is 17.6. The number of phenolic OH excluding ortho intramolecular Hbond substituents is 1. The molecule has 2 fully saturated rings. The van der Waals surface area contributed by atoms with Gasteiger partial charge in [0.2, 0.25) is 0 Å². The molecular formula is C28H39N3O5. The van der Waals surface area contributed by atoms with E-state index in [1.807, 2.05) is 45.0 Å². The van der Waals surface area contributed by atoms with Crippen molar-refractivity contribution in [1.29, 1.82) is 5.41 Å². The molecule has 4 rings (SSSR count). The van der Waals surface area contributed by atoms with Crippen molar-refractivity contribution >= 4 is 18.0 Å². The van der Waals surface area contributed by atoms with Gasteiger partial charge in [-0.1, -0.05) is 12.1 Å². The molecule has 8 heteroatoms. The van der Waals surface area contributed by atoms with E-state index in [-0.39, 0.29) is 23.7 Å². The molecular weight excluding hydrogens is 458 g/mol. The summed E-state index contributed by atoms with van der Waals surface area (Å²) >= 11 is 0. The number of aromatic hydroxyl groups is 1. The van der Waals surface area contributed by atoms with E-state index in [0.29, 0.717) is 11.3 Å². The molecule has 2 aromatic carbocycles. The first-order valence-electron chi connectivity index (χ1n) is 12.6. The van der Waals surface area contributed by atoms with Crippen LogP contribution in [0.4, 0.5) is 10.5 Å². The zero-order valence-corrected chi connectivity index (χ0v) is 21.8. The molecule has 36 heavy (non-hydrogen) atoms. The Morgan fingerprint density at radius 3 is 2.36 bits per heavy atom. The first-order valence-corrected chi connectivity index (χ1v) is 12.6. The summed E-state index contributed by atoms with van der Waals surface area (Å²) in [5, 5.41) is 20.6. The first-order chi connectivity index (χ1) is 17.2. The highest BCUT2D eigenvalue weighted by atomic mass is 16.6. The maximum Gasteiger partial charge on any atom is 0.410 e. The van der Waals surface area contributed by atoms with Gasteiger partial charge in [0, 0.05) is 31.6 Å². The number of methoxy groups -OCH3 is 1. The third-order valence-electron chi connectivity index (χ3n) is 5.96. The second-order valence-corrected chi connectivity index (χ2v) is 10.0. The standard InChI is InChI=1S/C19H22N2O3.C9H17NO2/c1-23-18-11-14(13-5-7-15(22)8-6-13)10-17(16(18)12-20)21-19-4-2-3-9-24-19;1-9(2,3)12-8(11)10-6-4-5-7-10/h5-8,10-12,19-22H,2-4,9H2,1H3;4-7H2,1-3H3. The van der Waals surface area contributed by atoms with Gasteiger partial charge < -0.3 is 34.9 Å². The molecule has 2 saturated heterocycles. The molecule has 2 aromatic rings. The average molecular weight is 498 g/mol. The molecule has 2 heterocycles. The molecule has 0 saturated carbocycles. The molecule has 1 atom stereocenters. The summed E-state index contributed by atoms with van der Waals surface area (Å²) in [6.45, 7) is 8.14. The third-order valence-corrected chi connectivity index (χ3v) is 5.96. The topological polar surface area (TPSA) is 104 Å². The van der Waals surface area contributed by atoms with Crippen molar-refractivity contribution < 1.29 is 24.1 Å². The van der Waals surface area contributed by atoms with Gasteiger partial charge in [-0.25, -0.2) is 4.79 Å². The molecule has 8 nitrogen and oxygen atoms in total. The number of ether oxygens (including phenoxy) is 3. The van der Waals surface area contributed by atoms with Crippen LogP contribution in [0.3, 0.4) is 0 Å². The quantitative estimate of drug-likeness (QED) is 0.436. The second-order valence-electron chi connectivity index (χ2n) is 10.0. The summed E-state index contributed by atoms with van der Waals surface area (Å²) in [5.41, 5.74) is 3.08. The van der Waals surface area contributed by atoms with E-state index in [9.17, 15) is 9.90 Å². The van der Waals surface area contributed by atoms with Crippen molar-refractivity contribution in [2.24, 2.45) is 0 Å². The van der Waals surface area contributed by atoms with Crippen LogP contribution in [0.25, 0.3) is 11.1 Å². The number of amides is 1. The number of nitrogens with one attached hydrogen (secondary N) is 2. The molecule has 3 N–H and O–H groups in total. The Morgan fingerprint density at radius 1 is 1.11 bits per heavy atom. The fourth-order valence-corrected chi connectivity index (χ4v) is 4.14. The lowest BCUT2D eigenvalue weighted by atomic mass is 10.0. The minimum atomic E-state index is -0.361. The predicted molar refractivity (Wildman–Crippen MR) is 142 cm³/mol. The lowest BCUT2D eigenvalue weighted by Crippen LogP contribution is -2.34. The van der Waals surface area contributed by atoms with Crippen molar-refractivity contribution in [1.82, 2.24) is 4.90 Å². The van der Waals surface area contributed by atoms with Crippen molar-refractivity contribution in [3.63, 3.8) is 0 Å². The van der Waals surface area contributed by atoms with Crippen LogP contribution in [-0.2, 0) is 9.47 Å². The molecule has 0 radical (unpaired) electrons. The Morgan fingerprint density at radius 2 is 1.81 bits per heavy atom. The van der Waals surface area contributed by atoms with Crippen molar-refractivity contribution in [2.45, 2.75) is 64.7 Å². The number of anilines is 1. The minimum Gasteiger partial charge on any atom is -0.508 e. The van der Waals surface area contributed by atoms with Crippen LogP contribution in [-0.4, -0.2) is 60.9 Å². The fourth-order valence-electron chi connectivity index (χ4n) is 4.14. The SMILES string of the molecule is CC(C)(C)OC(=O)N1CCCC1.COc1cc(-c2ccc(O)cc2)cc(NC2CCCCO2)c1C=N. The zero-order chi connectivity index (χ0) is 26.1. The van der Waals surface area contributed by atoms with Crippen LogP contribution in [0.5, 0.6) is 11.5 Å². The van der Waals surface area contributed by atoms with Gasteiger partial charge in [-0.2, -0.15) is 0 Å². The maximum atomic E-state index is 11.4. The summed E-state index contributed by atoms with van der Waals surface area (Å²) in [6, 6.07) is 10.9. The summed E-state index contributed by atoms with van der Waals surface area (Å²) in [4.78, 5) is 13.1. The number of likely N-dealkylation sites (tertiary alicyclic amines) is 1. The van der Waals surface area contributed by atoms with E-state index in [1.165, 1.54) is 6.21 Å². The predicted octanol–water partition coefficient (Wildman–Crippen LogP) is 6.02. The van der Waals surface area contributed by atoms with Crippen molar-refractivity contribution in [3.8, 4) is 22.6 Å². The number of hydrogen-bond acceptors (Lipinski definition) is 7. The average Bonchev–Trinajstić information content (AvgIpc) is 3.39. The van der Waals surface area contributed by atoms with E-state index < -0.39 is 0 Å². The molecule has 0 aromatic heterocycles. The molecule has 1 unspecified atom stereocenters. The van der Waals surface area contributed by atoms with Crippen LogP contribution in [0.1, 0.15) is 58.4 Å². The highest BCUT2D eigenvalue weighted by Gasteiger charge is 2.24. The third kappa shape index (κ3) is 7.88. The fraction of sp³-hybridized carbons (Fsp3) is 0.500. The monoisotopic (exact) mass is 497 g/mol. The van der Waals surface area contributed by atoms with Gasteiger partial charge in [-0.05, 0) is 88.3 Å². The minimum absolute atomic E-state index is 0.0442. The Labute approximate surface area is 214 Å². The van der Waals surface area contributed by atoms with E-state index in [2.05, 4.69) is 5.32 Å². The number of hydrogen-bond donors (Lipinski definition) is 3. The maximum absolute atomic E-state index is 11.4. The molecule has 1 amide bonds. The van der Waals surface area contributed by atoms with E-state index in [0.717, 1.165) is 68.6 Å². The molecule has 196 valence electrons. The van der Waals surface area contributed by atoms with Gasteiger partial charge >= 0.3 is 6.09 Å². The first kappa shape index (κ1) is 27.3. The number of carbonyl (C=O) groups excluding carboxylic acids is 1. The van der Waals surface area contributed by atoms with E-state index >= 15 is 0 Å². The largest absolute Gasteiger partial charge is 0.508 e. The van der Waals surface area contributed by atoms with Crippen LogP contribution >= 0.6 is 0 Å². The van der Waals surface area contributed by atoms with Gasteiger partial charge in [-0.15, -0.1) is 0 Å². The van der Waals surface area contributed by atoms with Crippen LogP contribution in [0.15, 0.2) is 36.4 Å². The molecule has 0 aliphatic carbocycles. The Kier molecular flexibility index (Phi) is 9.58. The zero-order valence-electron chi connectivity index (χ0n) is 21.8. The Bertz CT molecular complexity index is 1010. The molecule has 2 aliphatic rings. The van der Waals surface area contributed by atoms with Crippen LogP contribution in [0.2, 0.25) is 0 Å². The van der Waals surface area contributed by atoms with E-state index in [1.54, 1.807) is 24.1 Å². The van der Waals surface area contributed by atoms with Crippen LogP contribution < -0.4 is 10.1 Å². The van der Waals surface area contributed by atoms with E-state index in [4.69, 9.17) is 19.6 Å². The number of phenols is 1. The Hall–Kier alpha value is -3.26. The van der Waals surface area contributed by atoms with Crippen LogP contribution in [0, 0.1) is 5.41 Å². The van der Waals surface area contributed by atoms with Gasteiger partial charge in [0.15, 0.2) is 0 Å². The van der Waals surface area contributed by atoms with Gasteiger partial charge in [-0.3, -0.25) is 0 Å². The number of nitrogens with zero attached hydrogens (tertiary/aromatic N) is 1.